The fraction of sp³-hybridized carbons (Fsp3) is 0.882. The molecule has 0 aromatic heterocycles. The number of hydrogen-bond donors (Lipinski definition) is 0. The van der Waals surface area contributed by atoms with Crippen molar-refractivity contribution < 1.29 is 0 Å². The van der Waals surface area contributed by atoms with Gasteiger partial charge in [-0.05, 0) is 43.4 Å². The van der Waals surface area contributed by atoms with E-state index in [0.29, 0.717) is 5.41 Å². The first-order valence-corrected chi connectivity index (χ1v) is 7.49. The molecule has 0 heterocycles. The predicted octanol–water partition coefficient (Wildman–Crippen LogP) is 6.47. The number of hydrogen-bond acceptors (Lipinski definition) is 0. The van der Waals surface area contributed by atoms with Gasteiger partial charge in [0.25, 0.3) is 0 Å². The molecular weight excluding hydrogens is 204 g/mol. The molecule has 0 saturated heterocycles. The highest BCUT2D eigenvalue weighted by atomic mass is 14.4. The molecule has 0 amide bonds. The second-order valence-electron chi connectivity index (χ2n) is 6.04. The molecule has 1 aliphatic rings. The van der Waals surface area contributed by atoms with Gasteiger partial charge in [-0.15, -0.1) is 0 Å². The highest BCUT2D eigenvalue weighted by Crippen LogP contribution is 2.43. The lowest BCUT2D eigenvalue weighted by molar-refractivity contribution is 0.148. The molecule has 1 aliphatic carbocycles. The van der Waals surface area contributed by atoms with Crippen molar-refractivity contribution in [1.82, 2.24) is 0 Å². The van der Waals surface area contributed by atoms with E-state index >= 15 is 0 Å². The minimum atomic E-state index is 0.575. The summed E-state index contributed by atoms with van der Waals surface area (Å²) >= 11 is 0. The predicted molar refractivity (Wildman–Crippen MR) is 82.4 cm³/mol. The Morgan fingerprint density at radius 1 is 1.24 bits per heavy atom. The smallest absolute Gasteiger partial charge is 0.0183 e. The fourth-order valence-electron chi connectivity index (χ4n) is 2.68. The summed E-state index contributed by atoms with van der Waals surface area (Å²) in [7, 11) is 0. The van der Waals surface area contributed by atoms with Gasteiger partial charge < -0.3 is 0 Å². The molecule has 1 rings (SSSR count). The van der Waals surface area contributed by atoms with Crippen molar-refractivity contribution >= 4 is 0 Å². The maximum Gasteiger partial charge on any atom is -0.0183 e. The Labute approximate surface area is 111 Å². The van der Waals surface area contributed by atoms with Crippen LogP contribution in [0.4, 0.5) is 0 Å². The summed E-state index contributed by atoms with van der Waals surface area (Å²) in [6.45, 7) is 21.7. The zero-order valence-electron chi connectivity index (χ0n) is 13.7. The van der Waals surface area contributed by atoms with Crippen molar-refractivity contribution in [2.75, 3.05) is 0 Å². The Bertz CT molecular complexity index is 188. The quantitative estimate of drug-likeness (QED) is 0.461. The van der Waals surface area contributed by atoms with Crippen molar-refractivity contribution in [2.45, 2.75) is 81.1 Å². The average molecular weight is 240 g/mol. The lowest BCUT2D eigenvalue weighted by atomic mass is 9.66. The summed E-state index contributed by atoms with van der Waals surface area (Å²) < 4.78 is 0. The van der Waals surface area contributed by atoms with Gasteiger partial charge >= 0.3 is 0 Å². The van der Waals surface area contributed by atoms with E-state index in [1.54, 1.807) is 0 Å². The summed E-state index contributed by atoms with van der Waals surface area (Å²) in [4.78, 5) is 0. The standard InChI is InChI=1S/C12H22.C3H8.C2H6/c1-9(2)11-6-7-12(4,5)8-10(11)3;1-3-2;1-2/h10-11H,1,6-8H2,2-5H3;3H2,1-2H3;1-2H3. The van der Waals surface area contributed by atoms with Gasteiger partial charge in [0.15, 0.2) is 0 Å². The van der Waals surface area contributed by atoms with E-state index in [-0.39, 0.29) is 0 Å². The van der Waals surface area contributed by atoms with Crippen LogP contribution in [0.2, 0.25) is 0 Å². The van der Waals surface area contributed by atoms with Crippen molar-refractivity contribution in [3.63, 3.8) is 0 Å². The molecule has 17 heavy (non-hydrogen) atoms. The van der Waals surface area contributed by atoms with Crippen LogP contribution in [0.3, 0.4) is 0 Å². The first-order valence-electron chi connectivity index (χ1n) is 7.49. The summed E-state index contributed by atoms with van der Waals surface area (Å²) in [6.07, 6.45) is 5.34. The number of allylic oxidation sites excluding steroid dienone is 1. The molecule has 0 radical (unpaired) electrons. The minimum Gasteiger partial charge on any atom is -0.0999 e. The molecule has 2 atom stereocenters. The highest BCUT2D eigenvalue weighted by molar-refractivity contribution is 5.01. The fourth-order valence-corrected chi connectivity index (χ4v) is 2.68. The van der Waals surface area contributed by atoms with Gasteiger partial charge in [0.05, 0.1) is 0 Å². The molecule has 0 aromatic carbocycles. The molecule has 0 bridgehead atoms. The Morgan fingerprint density at radius 2 is 1.65 bits per heavy atom. The summed E-state index contributed by atoms with van der Waals surface area (Å²) in [6, 6.07) is 0. The minimum absolute atomic E-state index is 0.575. The molecule has 2 unspecified atom stereocenters. The van der Waals surface area contributed by atoms with Crippen molar-refractivity contribution in [3.8, 4) is 0 Å². The summed E-state index contributed by atoms with van der Waals surface area (Å²) in [5.74, 6) is 1.63. The van der Waals surface area contributed by atoms with Gasteiger partial charge in [-0.25, -0.2) is 0 Å². The Balaban J connectivity index is 0. The molecule has 104 valence electrons. The Hall–Kier alpha value is -0.260. The van der Waals surface area contributed by atoms with E-state index in [0.717, 1.165) is 11.8 Å². The van der Waals surface area contributed by atoms with E-state index in [1.165, 1.54) is 31.3 Å². The van der Waals surface area contributed by atoms with Crippen molar-refractivity contribution in [1.29, 1.82) is 0 Å². The molecule has 0 N–H and O–H groups in total. The molecule has 0 aromatic rings. The SMILES string of the molecule is C=C(C)C1CCC(C)(C)CC1C.CC.CCC. The van der Waals surface area contributed by atoms with Gasteiger partial charge in [-0.3, -0.25) is 0 Å². The summed E-state index contributed by atoms with van der Waals surface area (Å²) in [5, 5.41) is 0. The molecular formula is C17H36. The Kier molecular flexibility index (Phi) is 10.9. The molecule has 0 spiro atoms. The third-order valence-corrected chi connectivity index (χ3v) is 3.33. The lowest BCUT2D eigenvalue weighted by Gasteiger charge is -2.39. The van der Waals surface area contributed by atoms with Crippen LogP contribution in [-0.2, 0) is 0 Å². The first-order chi connectivity index (χ1) is 7.84. The van der Waals surface area contributed by atoms with Crippen LogP contribution in [0.1, 0.15) is 81.1 Å². The summed E-state index contributed by atoms with van der Waals surface area (Å²) in [5.41, 5.74) is 1.96. The second kappa shape index (κ2) is 9.74. The van der Waals surface area contributed by atoms with E-state index in [9.17, 15) is 0 Å². The van der Waals surface area contributed by atoms with Crippen LogP contribution < -0.4 is 0 Å². The van der Waals surface area contributed by atoms with E-state index < -0.39 is 0 Å². The van der Waals surface area contributed by atoms with Crippen LogP contribution in [-0.4, -0.2) is 0 Å². The molecule has 1 saturated carbocycles. The largest absolute Gasteiger partial charge is 0.0999 e. The van der Waals surface area contributed by atoms with E-state index in [1.807, 2.05) is 13.8 Å². The third-order valence-electron chi connectivity index (χ3n) is 3.33. The molecule has 0 nitrogen and oxygen atoms in total. The van der Waals surface area contributed by atoms with Gasteiger partial charge in [0.1, 0.15) is 0 Å². The second-order valence-corrected chi connectivity index (χ2v) is 6.04. The zero-order valence-corrected chi connectivity index (χ0v) is 13.7. The van der Waals surface area contributed by atoms with Gasteiger partial charge in [-0.2, -0.15) is 0 Å². The number of rotatable bonds is 1. The lowest BCUT2D eigenvalue weighted by Crippen LogP contribution is -2.28. The van der Waals surface area contributed by atoms with Crippen LogP contribution >= 0.6 is 0 Å². The van der Waals surface area contributed by atoms with Gasteiger partial charge in [0.2, 0.25) is 0 Å². The van der Waals surface area contributed by atoms with Crippen LogP contribution in [0.15, 0.2) is 12.2 Å². The van der Waals surface area contributed by atoms with E-state index in [2.05, 4.69) is 48.1 Å². The highest BCUT2D eigenvalue weighted by Gasteiger charge is 2.32. The topological polar surface area (TPSA) is 0 Å². The zero-order chi connectivity index (χ0) is 14.1. The normalized spacial score (nSPS) is 25.9. The van der Waals surface area contributed by atoms with Crippen LogP contribution in [0.5, 0.6) is 0 Å². The molecule has 0 aliphatic heterocycles. The first kappa shape index (κ1) is 19.1. The van der Waals surface area contributed by atoms with Crippen LogP contribution in [0, 0.1) is 17.3 Å². The average Bonchev–Trinajstić information content (AvgIpc) is 2.19. The van der Waals surface area contributed by atoms with Crippen molar-refractivity contribution in [2.24, 2.45) is 17.3 Å². The maximum absolute atomic E-state index is 4.08. The van der Waals surface area contributed by atoms with Gasteiger partial charge in [-0.1, -0.05) is 67.0 Å². The maximum atomic E-state index is 4.08. The van der Waals surface area contributed by atoms with E-state index in [4.69, 9.17) is 0 Å². The monoisotopic (exact) mass is 240 g/mol. The van der Waals surface area contributed by atoms with Crippen LogP contribution in [0.25, 0.3) is 0 Å². The third kappa shape index (κ3) is 8.46. The molecule has 0 heteroatoms. The molecule has 1 fully saturated rings. The Morgan fingerprint density at radius 3 is 1.94 bits per heavy atom. The van der Waals surface area contributed by atoms with Gasteiger partial charge in [0, 0.05) is 0 Å². The van der Waals surface area contributed by atoms with Crippen molar-refractivity contribution in [3.05, 3.63) is 12.2 Å².